The second-order valence-electron chi connectivity index (χ2n) is 13.3. The molecule has 0 unspecified atom stereocenters. The number of benzene rings is 4. The molecule has 0 saturated heterocycles. The zero-order chi connectivity index (χ0) is 56.4. The van der Waals surface area contributed by atoms with E-state index in [-0.39, 0.29) is 30.7 Å². The Balaban J connectivity index is 1.96. The largest absolute Gasteiger partial charge is 0.504 e. The average molecular weight is 1240 g/mol. The minimum absolute atomic E-state index is 0.00494. The van der Waals surface area contributed by atoms with Crippen LogP contribution in [0.2, 0.25) is 0 Å². The summed E-state index contributed by atoms with van der Waals surface area (Å²) in [7, 11) is -35.3. The first kappa shape index (κ1) is 62.4. The summed E-state index contributed by atoms with van der Waals surface area (Å²) in [6.07, 6.45) is 0. The van der Waals surface area contributed by atoms with Crippen LogP contribution in [0.4, 0.5) is 34.1 Å². The molecule has 414 valence electrons. The van der Waals surface area contributed by atoms with Crippen LogP contribution in [0.1, 0.15) is 0 Å². The van der Waals surface area contributed by atoms with Gasteiger partial charge in [0.15, 0.2) is 88.5 Å². The highest BCUT2D eigenvalue weighted by Gasteiger charge is 2.29. The van der Waals surface area contributed by atoms with Crippen molar-refractivity contribution in [3.8, 4) is 17.2 Å². The van der Waals surface area contributed by atoms with Crippen molar-refractivity contribution in [2.45, 2.75) is 29.4 Å². The molecule has 0 radical (unpaired) electrons. The van der Waals surface area contributed by atoms with E-state index in [1.54, 1.807) is 0 Å². The third-order valence-corrected chi connectivity index (χ3v) is 17.4. The highest BCUT2D eigenvalue weighted by Crippen LogP contribution is 2.57. The van der Waals surface area contributed by atoms with E-state index in [9.17, 15) is 87.9 Å². The van der Waals surface area contributed by atoms with Gasteiger partial charge in [0.2, 0.25) is 0 Å². The smallest absolute Gasteiger partial charge is 0.397 e. The van der Waals surface area contributed by atoms with Gasteiger partial charge >= 0.3 is 10.4 Å². The molecule has 9 N–H and O–H groups in total. The highest BCUT2D eigenvalue weighted by atomic mass is 32.3. The van der Waals surface area contributed by atoms with Gasteiger partial charge < -0.3 is 15.3 Å². The Morgan fingerprint density at radius 2 is 0.693 bits per heavy atom. The molecule has 45 heteroatoms. The van der Waals surface area contributed by atoms with E-state index in [4.69, 9.17) is 15.1 Å². The van der Waals surface area contributed by atoms with Crippen LogP contribution in [0, 0.1) is 0 Å². The van der Waals surface area contributed by atoms with E-state index in [2.05, 4.69) is 62.0 Å². The Kier molecular flexibility index (Phi) is 21.1. The predicted octanol–water partition coefficient (Wildman–Crippen LogP) is 3.93. The summed E-state index contributed by atoms with van der Waals surface area (Å²) in [5.41, 5.74) is -7.09. The van der Waals surface area contributed by atoms with Gasteiger partial charge in [-0.15, -0.1) is 39.4 Å². The van der Waals surface area contributed by atoms with Gasteiger partial charge in [0.1, 0.15) is 31.7 Å². The van der Waals surface area contributed by atoms with Crippen LogP contribution < -0.4 is 0 Å². The van der Waals surface area contributed by atoms with Crippen LogP contribution in [0.3, 0.4) is 0 Å². The summed E-state index contributed by atoms with van der Waals surface area (Å²) in [6.45, 7) is -2.52. The topological polar surface area (TPSA) is 560 Å². The standard InChI is InChI=1S/C30H30N6O30S9/c37-28-25(34-31-19-4-1-16(13-22(19)72(48,49)50)69(42,43)10-7-60-67-65-63-40)29(38)27(36-33-21-6-3-18(15-24(21)74(54,55)56)71(46,47)12-9-62-75(57,58)59)30(39)26(28)35-32-20-5-2-17(14-23(20)73(51,52)53)70(44,45)11-8-61-68-66-64-41/h1-6,13-15,37-41H,7-12H2,(H,48,49,50)(H,51,52,53)(H,54,55,56)(H,57,58,59)/b34-31+,35-32+,36-33+. The maximum atomic E-state index is 12.9. The number of phenolic OH excluding ortho intramolecular Hbond substituents is 3. The van der Waals surface area contributed by atoms with E-state index < -0.39 is 188 Å². The summed E-state index contributed by atoms with van der Waals surface area (Å²) in [6, 6.07) is 4.81. The lowest BCUT2D eigenvalue weighted by Gasteiger charge is -2.11. The lowest BCUT2D eigenvalue weighted by molar-refractivity contribution is -0.434. The molecule has 36 nitrogen and oxygen atoms in total. The van der Waals surface area contributed by atoms with Crippen molar-refractivity contribution >= 4 is 129 Å². The Morgan fingerprint density at radius 1 is 0.413 bits per heavy atom. The van der Waals surface area contributed by atoms with Crippen LogP contribution in [0.5, 0.6) is 17.2 Å². The molecular formula is C30H30N6O30S9. The second-order valence-corrected chi connectivity index (χ2v) is 25.9. The quantitative estimate of drug-likeness (QED) is 0.00971. The van der Waals surface area contributed by atoms with Gasteiger partial charge in [0.05, 0.1) is 51.8 Å². The molecule has 75 heavy (non-hydrogen) atoms. The molecule has 0 saturated carbocycles. The van der Waals surface area contributed by atoms with Crippen molar-refractivity contribution < 1.29 is 134 Å². The lowest BCUT2D eigenvalue weighted by Crippen LogP contribution is -2.16. The fourth-order valence-corrected chi connectivity index (χ4v) is 11.8. The third-order valence-electron chi connectivity index (χ3n) is 8.49. The molecule has 0 heterocycles. The number of sulfone groups is 3. The second kappa shape index (κ2) is 25.4. The fraction of sp³-hybridized carbons (Fsp3) is 0.200. The fourth-order valence-electron chi connectivity index (χ4n) is 5.22. The lowest BCUT2D eigenvalue weighted by atomic mass is 10.2. The predicted molar refractivity (Wildman–Crippen MR) is 243 cm³/mol. The molecule has 0 atom stereocenters. The molecule has 4 rings (SSSR count). The molecule has 0 bridgehead atoms. The first-order chi connectivity index (χ1) is 34.6. The Bertz CT molecular complexity index is 3550. The van der Waals surface area contributed by atoms with Crippen LogP contribution in [-0.2, 0) is 102 Å². The minimum atomic E-state index is -5.54. The molecule has 0 fully saturated rings. The number of hydrogen-bond acceptors (Lipinski definition) is 34. The Labute approximate surface area is 429 Å². The minimum Gasteiger partial charge on any atom is -0.504 e. The Hall–Kier alpha value is -5.09. The molecule has 0 spiro atoms. The van der Waals surface area contributed by atoms with Gasteiger partial charge in [-0.05, 0) is 54.6 Å². The molecule has 0 aliphatic rings. The number of rotatable bonds is 28. The van der Waals surface area contributed by atoms with Crippen molar-refractivity contribution in [1.82, 2.24) is 0 Å². The Morgan fingerprint density at radius 3 is 0.947 bits per heavy atom. The van der Waals surface area contributed by atoms with Gasteiger partial charge in [-0.2, -0.15) is 33.7 Å². The van der Waals surface area contributed by atoms with Gasteiger partial charge in [-0.1, -0.05) is 10.1 Å². The molecule has 0 aliphatic carbocycles. The third kappa shape index (κ3) is 17.5. The average Bonchev–Trinajstić information content (AvgIpc) is 3.29. The maximum absolute atomic E-state index is 12.9. The van der Waals surface area contributed by atoms with Crippen LogP contribution >= 0.6 is 24.6 Å². The van der Waals surface area contributed by atoms with E-state index in [0.717, 1.165) is 0 Å². The van der Waals surface area contributed by atoms with Crippen LogP contribution in [0.25, 0.3) is 0 Å². The van der Waals surface area contributed by atoms with Crippen molar-refractivity contribution in [3.63, 3.8) is 0 Å². The molecule has 0 aliphatic heterocycles. The zero-order valence-electron chi connectivity index (χ0n) is 35.9. The summed E-state index contributed by atoms with van der Waals surface area (Å²) in [4.78, 5) is -6.56. The molecule has 4 aromatic rings. The van der Waals surface area contributed by atoms with Crippen molar-refractivity contribution in [3.05, 3.63) is 54.6 Å². The maximum Gasteiger partial charge on any atom is 0.397 e. The number of aromatic hydroxyl groups is 3. The summed E-state index contributed by atoms with van der Waals surface area (Å²) >= 11 is -0.00988. The summed E-state index contributed by atoms with van der Waals surface area (Å²) in [5, 5.41) is 77.5. The van der Waals surface area contributed by atoms with Crippen molar-refractivity contribution in [2.75, 3.05) is 37.1 Å². The SMILES string of the molecule is O=S(=O)(O)OCCS(=O)(=O)c1ccc(/N=N/c2c(O)c(/N=N/c3ccc(S(=O)(=O)CCOSOOO)cc3S(=O)(=O)O)c(O)c(/N=N/c3ccc(S(=O)(=O)CCOSOOO)cc3S(=O)(=O)O)c2O)c(S(=O)(=O)O)c1. The summed E-state index contributed by atoms with van der Waals surface area (Å²) < 4.78 is 233. The van der Waals surface area contributed by atoms with E-state index in [1.165, 1.54) is 0 Å². The highest BCUT2D eigenvalue weighted by molar-refractivity contribution is 7.92. The summed E-state index contributed by atoms with van der Waals surface area (Å²) in [5.74, 6) is -7.71. The number of hydrogen-bond donors (Lipinski definition) is 9. The van der Waals surface area contributed by atoms with Gasteiger partial charge in [-0.3, -0.25) is 26.6 Å². The van der Waals surface area contributed by atoms with E-state index in [0.29, 0.717) is 48.5 Å². The van der Waals surface area contributed by atoms with E-state index in [1.807, 2.05) is 0 Å². The van der Waals surface area contributed by atoms with Gasteiger partial charge in [0.25, 0.3) is 30.4 Å². The monoisotopic (exact) mass is 1240 g/mol. The number of nitrogens with zero attached hydrogens (tertiary/aromatic N) is 6. The normalized spacial score (nSPS) is 13.4. The molecule has 4 aromatic carbocycles. The number of phenols is 3. The van der Waals surface area contributed by atoms with Crippen molar-refractivity contribution in [1.29, 1.82) is 0 Å². The van der Waals surface area contributed by atoms with Crippen LogP contribution in [-0.4, -0.2) is 140 Å². The molecule has 0 amide bonds. The first-order valence-corrected chi connectivity index (χ1v) is 30.4. The van der Waals surface area contributed by atoms with Gasteiger partial charge in [0, 0.05) is 0 Å². The van der Waals surface area contributed by atoms with Crippen molar-refractivity contribution in [2.24, 2.45) is 30.7 Å². The van der Waals surface area contributed by atoms with Gasteiger partial charge in [-0.25, -0.2) is 40.0 Å². The van der Waals surface area contributed by atoms with Crippen LogP contribution in [0.15, 0.2) is 115 Å². The molecular weight excluding hydrogens is 1210 g/mol. The first-order valence-electron chi connectivity index (χ1n) is 18.4. The molecule has 0 aromatic heterocycles. The van der Waals surface area contributed by atoms with E-state index >= 15 is 0 Å². The number of azo groups is 3. The zero-order valence-corrected chi connectivity index (χ0v) is 43.2.